The van der Waals surface area contributed by atoms with Gasteiger partial charge in [-0.15, -0.1) is 0 Å². The average molecular weight is 381 g/mol. The zero-order valence-corrected chi connectivity index (χ0v) is 16.2. The predicted octanol–water partition coefficient (Wildman–Crippen LogP) is 2.60. The summed E-state index contributed by atoms with van der Waals surface area (Å²) in [7, 11) is 0. The van der Waals surface area contributed by atoms with Crippen molar-refractivity contribution in [2.45, 2.75) is 19.3 Å². The number of benzene rings is 1. The maximum atomic E-state index is 12.5. The molecule has 0 bridgehead atoms. The summed E-state index contributed by atoms with van der Waals surface area (Å²) in [6, 6.07) is 9.73. The van der Waals surface area contributed by atoms with Gasteiger partial charge in [0.1, 0.15) is 11.3 Å². The lowest BCUT2D eigenvalue weighted by molar-refractivity contribution is -0.134. The number of amides is 2. The molecule has 28 heavy (non-hydrogen) atoms. The fourth-order valence-electron chi connectivity index (χ4n) is 3.90. The first-order valence-electron chi connectivity index (χ1n) is 10.1. The molecule has 0 atom stereocenters. The Balaban J connectivity index is 1.26. The molecule has 3 heterocycles. The Morgan fingerprint density at radius 3 is 2.43 bits per heavy atom. The number of hydrogen-bond donors (Lipinski definition) is 0. The molecule has 148 valence electrons. The second-order valence-corrected chi connectivity index (χ2v) is 7.56. The predicted molar refractivity (Wildman–Crippen MR) is 109 cm³/mol. The van der Waals surface area contributed by atoms with Gasteiger partial charge < -0.3 is 14.2 Å². The van der Waals surface area contributed by atoms with Crippen molar-refractivity contribution >= 4 is 28.9 Å². The number of carbonyl (C=O) groups excluding carboxylic acids is 2. The monoisotopic (exact) mass is 381 g/mol. The smallest absolute Gasteiger partial charge is 0.246 e. The first-order valence-corrected chi connectivity index (χ1v) is 10.1. The first-order chi connectivity index (χ1) is 13.7. The highest BCUT2D eigenvalue weighted by atomic mass is 16.3. The van der Waals surface area contributed by atoms with Crippen molar-refractivity contribution in [3.63, 3.8) is 0 Å². The normalized spacial score (nSPS) is 18.9. The molecule has 2 aromatic rings. The molecule has 0 spiro atoms. The maximum Gasteiger partial charge on any atom is 0.246 e. The van der Waals surface area contributed by atoms with Crippen molar-refractivity contribution in [1.29, 1.82) is 0 Å². The number of rotatable bonds is 4. The molecule has 2 aliphatic rings. The van der Waals surface area contributed by atoms with Gasteiger partial charge >= 0.3 is 0 Å². The second kappa shape index (κ2) is 8.61. The summed E-state index contributed by atoms with van der Waals surface area (Å²) in [5.74, 6) is 0.895. The van der Waals surface area contributed by atoms with Crippen LogP contribution in [0.1, 0.15) is 25.0 Å². The van der Waals surface area contributed by atoms with Crippen molar-refractivity contribution in [1.82, 2.24) is 14.7 Å². The van der Waals surface area contributed by atoms with E-state index in [-0.39, 0.29) is 11.8 Å². The van der Waals surface area contributed by atoms with Gasteiger partial charge in [0.25, 0.3) is 0 Å². The minimum absolute atomic E-state index is 0.0116. The molecule has 4 rings (SSSR count). The van der Waals surface area contributed by atoms with Gasteiger partial charge in [-0.2, -0.15) is 0 Å². The number of piperidine rings is 1. The van der Waals surface area contributed by atoms with Gasteiger partial charge in [-0.3, -0.25) is 14.5 Å². The lowest BCUT2D eigenvalue weighted by Crippen LogP contribution is -2.51. The van der Waals surface area contributed by atoms with Gasteiger partial charge in [0, 0.05) is 50.7 Å². The fourth-order valence-corrected chi connectivity index (χ4v) is 3.90. The first kappa shape index (κ1) is 18.7. The van der Waals surface area contributed by atoms with E-state index in [1.807, 2.05) is 40.1 Å². The van der Waals surface area contributed by atoms with Crippen molar-refractivity contribution in [3.05, 3.63) is 42.2 Å². The zero-order chi connectivity index (χ0) is 19.3. The zero-order valence-electron chi connectivity index (χ0n) is 16.2. The highest BCUT2D eigenvalue weighted by Crippen LogP contribution is 2.19. The van der Waals surface area contributed by atoms with Gasteiger partial charge in [-0.05, 0) is 37.5 Å². The summed E-state index contributed by atoms with van der Waals surface area (Å²) in [6.45, 7) is 5.03. The number of fused-ring (bicyclic) bond motifs is 1. The third-order valence-electron chi connectivity index (χ3n) is 5.59. The molecule has 6 nitrogen and oxygen atoms in total. The molecule has 0 N–H and O–H groups in total. The van der Waals surface area contributed by atoms with Crippen LogP contribution < -0.4 is 0 Å². The minimum Gasteiger partial charge on any atom is -0.457 e. The molecule has 2 amide bonds. The summed E-state index contributed by atoms with van der Waals surface area (Å²) < 4.78 is 5.72. The summed E-state index contributed by atoms with van der Waals surface area (Å²) in [5.41, 5.74) is 0.821. The van der Waals surface area contributed by atoms with E-state index in [9.17, 15) is 9.59 Å². The number of piperazine rings is 1. The van der Waals surface area contributed by atoms with Crippen molar-refractivity contribution in [3.8, 4) is 0 Å². The molecule has 0 saturated carbocycles. The third-order valence-corrected chi connectivity index (χ3v) is 5.59. The van der Waals surface area contributed by atoms with Crippen molar-refractivity contribution in [2.24, 2.45) is 0 Å². The van der Waals surface area contributed by atoms with Crippen LogP contribution in [0.15, 0.2) is 40.8 Å². The molecule has 2 aliphatic heterocycles. The number of furan rings is 1. The number of carbonyl (C=O) groups is 2. The Kier molecular flexibility index (Phi) is 5.76. The van der Waals surface area contributed by atoms with Gasteiger partial charge in [-0.1, -0.05) is 18.2 Å². The van der Waals surface area contributed by atoms with Gasteiger partial charge in [0.2, 0.25) is 11.8 Å². The summed E-state index contributed by atoms with van der Waals surface area (Å²) in [5, 5.41) is 1.03. The van der Waals surface area contributed by atoms with E-state index in [1.54, 1.807) is 12.2 Å². The van der Waals surface area contributed by atoms with Crippen molar-refractivity contribution in [2.75, 3.05) is 45.8 Å². The van der Waals surface area contributed by atoms with Crippen LogP contribution in [0.4, 0.5) is 0 Å². The molecule has 1 aromatic heterocycles. The molecule has 6 heteroatoms. The van der Waals surface area contributed by atoms with E-state index < -0.39 is 0 Å². The van der Waals surface area contributed by atoms with E-state index in [0.717, 1.165) is 50.0 Å². The molecule has 0 unspecified atom stereocenters. The highest BCUT2D eigenvalue weighted by molar-refractivity contribution is 5.92. The van der Waals surface area contributed by atoms with Crippen LogP contribution in [0.25, 0.3) is 17.0 Å². The lowest BCUT2D eigenvalue weighted by atomic mass is 10.1. The van der Waals surface area contributed by atoms with E-state index >= 15 is 0 Å². The fraction of sp³-hybridized carbons (Fsp3) is 0.455. The topological polar surface area (TPSA) is 57.0 Å². The Bertz CT molecular complexity index is 826. The van der Waals surface area contributed by atoms with Crippen LogP contribution in [-0.4, -0.2) is 72.3 Å². The molecular weight excluding hydrogens is 354 g/mol. The number of hydrogen-bond acceptors (Lipinski definition) is 4. The van der Waals surface area contributed by atoms with E-state index in [4.69, 9.17) is 4.42 Å². The van der Waals surface area contributed by atoms with E-state index in [1.165, 1.54) is 6.42 Å². The molecule has 2 saturated heterocycles. The Morgan fingerprint density at radius 2 is 1.68 bits per heavy atom. The minimum atomic E-state index is -0.0116. The molecule has 0 radical (unpaired) electrons. The molecular formula is C22H27N3O3. The van der Waals surface area contributed by atoms with Gasteiger partial charge in [0.15, 0.2) is 0 Å². The van der Waals surface area contributed by atoms with Crippen LogP contribution in [-0.2, 0) is 9.59 Å². The van der Waals surface area contributed by atoms with Gasteiger partial charge in [-0.25, -0.2) is 0 Å². The quantitative estimate of drug-likeness (QED) is 0.764. The summed E-state index contributed by atoms with van der Waals surface area (Å²) in [6.07, 6.45) is 6.77. The standard InChI is InChI=1S/C22H27N3O3/c26-21(9-8-19-16-18-6-2-3-7-20(18)28-19)25-14-12-23(13-15-25)17-22(27)24-10-4-1-5-11-24/h2-3,6-9,16H,1,4-5,10-15,17H2/b9-8+. The van der Waals surface area contributed by atoms with E-state index in [2.05, 4.69) is 4.90 Å². The Hall–Kier alpha value is -2.60. The van der Waals surface area contributed by atoms with Crippen LogP contribution in [0.2, 0.25) is 0 Å². The van der Waals surface area contributed by atoms with Crippen molar-refractivity contribution < 1.29 is 14.0 Å². The van der Waals surface area contributed by atoms with Crippen LogP contribution in [0.3, 0.4) is 0 Å². The molecule has 0 aliphatic carbocycles. The highest BCUT2D eigenvalue weighted by Gasteiger charge is 2.24. The lowest BCUT2D eigenvalue weighted by Gasteiger charge is -2.35. The van der Waals surface area contributed by atoms with E-state index in [0.29, 0.717) is 25.4 Å². The Labute approximate surface area is 165 Å². The van der Waals surface area contributed by atoms with Gasteiger partial charge in [0.05, 0.1) is 6.54 Å². The number of para-hydroxylation sites is 1. The number of nitrogens with zero attached hydrogens (tertiary/aromatic N) is 3. The largest absolute Gasteiger partial charge is 0.457 e. The average Bonchev–Trinajstić information content (AvgIpc) is 3.16. The molecule has 2 fully saturated rings. The third kappa shape index (κ3) is 4.44. The summed E-state index contributed by atoms with van der Waals surface area (Å²) >= 11 is 0. The second-order valence-electron chi connectivity index (χ2n) is 7.56. The van der Waals surface area contributed by atoms with Crippen LogP contribution in [0.5, 0.6) is 0 Å². The van der Waals surface area contributed by atoms with Crippen LogP contribution >= 0.6 is 0 Å². The SMILES string of the molecule is O=C(/C=C/c1cc2ccccc2o1)N1CCN(CC(=O)N2CCCCC2)CC1. The van der Waals surface area contributed by atoms with Crippen LogP contribution in [0, 0.1) is 0 Å². The number of likely N-dealkylation sites (tertiary alicyclic amines) is 1. The summed E-state index contributed by atoms with van der Waals surface area (Å²) in [4.78, 5) is 30.8. The molecule has 1 aromatic carbocycles. The maximum absolute atomic E-state index is 12.5. The Morgan fingerprint density at radius 1 is 0.929 bits per heavy atom.